The predicted octanol–water partition coefficient (Wildman–Crippen LogP) is 3.91. The smallest absolute Gasteiger partial charge is 0.237 e. The van der Waals surface area contributed by atoms with Gasteiger partial charge in [-0.1, -0.05) is 24.3 Å². The van der Waals surface area contributed by atoms with E-state index in [0.717, 1.165) is 16.5 Å². The Morgan fingerprint density at radius 3 is 2.52 bits per heavy atom. The van der Waals surface area contributed by atoms with E-state index in [1.54, 1.807) is 24.3 Å². The summed E-state index contributed by atoms with van der Waals surface area (Å²) in [6, 6.07) is 16.4. The fourth-order valence-corrected chi connectivity index (χ4v) is 2.09. The van der Waals surface area contributed by atoms with Crippen LogP contribution in [0.25, 0.3) is 10.8 Å². The average Bonchev–Trinajstić information content (AvgIpc) is 2.48. The van der Waals surface area contributed by atoms with Crippen molar-refractivity contribution in [3.05, 3.63) is 59.8 Å². The van der Waals surface area contributed by atoms with E-state index in [9.17, 15) is 5.11 Å². The molecule has 0 aliphatic carbocycles. The van der Waals surface area contributed by atoms with Crippen LogP contribution in [0.4, 0.5) is 0 Å². The number of nitriles is 1. The van der Waals surface area contributed by atoms with Crippen molar-refractivity contribution in [2.24, 2.45) is 0 Å². The van der Waals surface area contributed by atoms with Crippen molar-refractivity contribution >= 4 is 10.8 Å². The number of aryl methyl sites for hydroxylation is 1. The zero-order valence-electron chi connectivity index (χ0n) is 11.4. The number of rotatable bonds is 2. The van der Waals surface area contributed by atoms with E-state index in [2.05, 4.69) is 4.98 Å². The van der Waals surface area contributed by atoms with Crippen LogP contribution in [0.15, 0.2) is 48.5 Å². The standard InChI is InChI=1S/C17H12N2O2/c1-11-6-7-14(10-18)17(19-11)21-16-9-13-5-3-2-4-12(13)8-15(16)20/h2-9,20H,1H3. The summed E-state index contributed by atoms with van der Waals surface area (Å²) < 4.78 is 5.64. The third-order valence-electron chi connectivity index (χ3n) is 3.15. The summed E-state index contributed by atoms with van der Waals surface area (Å²) >= 11 is 0. The Morgan fingerprint density at radius 1 is 1.10 bits per heavy atom. The highest BCUT2D eigenvalue weighted by Crippen LogP contribution is 2.35. The molecule has 3 rings (SSSR count). The Balaban J connectivity index is 2.08. The predicted molar refractivity (Wildman–Crippen MR) is 79.4 cm³/mol. The first-order valence-corrected chi connectivity index (χ1v) is 6.45. The van der Waals surface area contributed by atoms with Crippen LogP contribution >= 0.6 is 0 Å². The maximum Gasteiger partial charge on any atom is 0.237 e. The first-order valence-electron chi connectivity index (χ1n) is 6.45. The number of hydrogen-bond acceptors (Lipinski definition) is 4. The van der Waals surface area contributed by atoms with E-state index in [4.69, 9.17) is 10.00 Å². The third kappa shape index (κ3) is 2.49. The summed E-state index contributed by atoms with van der Waals surface area (Å²) in [7, 11) is 0. The van der Waals surface area contributed by atoms with E-state index in [1.807, 2.05) is 37.3 Å². The molecule has 0 radical (unpaired) electrons. The number of ether oxygens (including phenoxy) is 1. The van der Waals surface area contributed by atoms with Gasteiger partial charge < -0.3 is 9.84 Å². The van der Waals surface area contributed by atoms with Gasteiger partial charge in [0.2, 0.25) is 5.88 Å². The Labute approximate surface area is 121 Å². The molecule has 1 N–H and O–H groups in total. The summed E-state index contributed by atoms with van der Waals surface area (Å²) in [5.41, 5.74) is 1.07. The number of hydrogen-bond donors (Lipinski definition) is 1. The Hall–Kier alpha value is -3.06. The molecule has 0 bridgehead atoms. The number of benzene rings is 2. The van der Waals surface area contributed by atoms with E-state index in [0.29, 0.717) is 5.56 Å². The second-order valence-corrected chi connectivity index (χ2v) is 4.69. The van der Waals surface area contributed by atoms with Gasteiger partial charge in [-0.3, -0.25) is 0 Å². The van der Waals surface area contributed by atoms with Crippen molar-refractivity contribution in [3.63, 3.8) is 0 Å². The van der Waals surface area contributed by atoms with Gasteiger partial charge in [0, 0.05) is 5.69 Å². The molecule has 1 aromatic heterocycles. The van der Waals surface area contributed by atoms with Crippen LogP contribution < -0.4 is 4.74 Å². The van der Waals surface area contributed by atoms with Crippen molar-refractivity contribution < 1.29 is 9.84 Å². The number of phenols is 1. The molecule has 4 heteroatoms. The molecule has 21 heavy (non-hydrogen) atoms. The monoisotopic (exact) mass is 276 g/mol. The molecular weight excluding hydrogens is 264 g/mol. The minimum Gasteiger partial charge on any atom is -0.504 e. The fraction of sp³-hybridized carbons (Fsp3) is 0.0588. The maximum absolute atomic E-state index is 10.1. The maximum atomic E-state index is 10.1. The zero-order valence-corrected chi connectivity index (χ0v) is 11.4. The average molecular weight is 276 g/mol. The SMILES string of the molecule is Cc1ccc(C#N)c(Oc2cc3ccccc3cc2O)n1. The fourth-order valence-electron chi connectivity index (χ4n) is 2.09. The molecule has 0 spiro atoms. The first kappa shape index (κ1) is 12.9. The molecule has 2 aromatic carbocycles. The highest BCUT2D eigenvalue weighted by atomic mass is 16.5. The highest BCUT2D eigenvalue weighted by molar-refractivity contribution is 5.86. The van der Waals surface area contributed by atoms with Gasteiger partial charge in [-0.15, -0.1) is 0 Å². The zero-order chi connectivity index (χ0) is 14.8. The molecule has 0 saturated carbocycles. The van der Waals surface area contributed by atoms with Crippen molar-refractivity contribution in [3.8, 4) is 23.4 Å². The lowest BCUT2D eigenvalue weighted by molar-refractivity contribution is 0.402. The van der Waals surface area contributed by atoms with E-state index >= 15 is 0 Å². The molecule has 4 nitrogen and oxygen atoms in total. The lowest BCUT2D eigenvalue weighted by Crippen LogP contribution is -1.94. The summed E-state index contributed by atoms with van der Waals surface area (Å²) in [5.74, 6) is 0.493. The van der Waals surface area contributed by atoms with Gasteiger partial charge in [-0.2, -0.15) is 5.26 Å². The van der Waals surface area contributed by atoms with Gasteiger partial charge in [0.1, 0.15) is 11.6 Å². The second kappa shape index (κ2) is 5.14. The molecular formula is C17H12N2O2. The van der Waals surface area contributed by atoms with Crippen LogP contribution in [0.5, 0.6) is 17.4 Å². The highest BCUT2D eigenvalue weighted by Gasteiger charge is 2.11. The Kier molecular flexibility index (Phi) is 3.17. The van der Waals surface area contributed by atoms with Crippen LogP contribution in [0.1, 0.15) is 11.3 Å². The van der Waals surface area contributed by atoms with Crippen LogP contribution in [0.2, 0.25) is 0 Å². The third-order valence-corrected chi connectivity index (χ3v) is 3.15. The van der Waals surface area contributed by atoms with Gasteiger partial charge in [-0.25, -0.2) is 4.98 Å². The lowest BCUT2D eigenvalue weighted by Gasteiger charge is -2.10. The number of phenolic OH excluding ortho intramolecular Hbond substituents is 1. The minimum absolute atomic E-state index is 0.0147. The normalized spacial score (nSPS) is 10.3. The van der Waals surface area contributed by atoms with Crippen molar-refractivity contribution in [1.29, 1.82) is 5.26 Å². The number of pyridine rings is 1. The van der Waals surface area contributed by atoms with Crippen molar-refractivity contribution in [1.82, 2.24) is 4.98 Å². The van der Waals surface area contributed by atoms with E-state index in [1.165, 1.54) is 0 Å². The molecule has 0 fully saturated rings. The Morgan fingerprint density at radius 2 is 1.81 bits per heavy atom. The van der Waals surface area contributed by atoms with Crippen LogP contribution in [-0.4, -0.2) is 10.1 Å². The quantitative estimate of drug-likeness (QED) is 0.770. The molecule has 0 aliphatic rings. The van der Waals surface area contributed by atoms with E-state index < -0.39 is 0 Å². The molecule has 0 saturated heterocycles. The van der Waals surface area contributed by atoms with Crippen LogP contribution in [0, 0.1) is 18.3 Å². The van der Waals surface area contributed by atoms with Gasteiger partial charge in [0.15, 0.2) is 11.5 Å². The molecule has 0 unspecified atom stereocenters. The molecule has 3 aromatic rings. The summed E-state index contributed by atoms with van der Waals surface area (Å²) in [6.07, 6.45) is 0. The molecule has 0 amide bonds. The molecule has 1 heterocycles. The largest absolute Gasteiger partial charge is 0.504 e. The van der Waals surface area contributed by atoms with Crippen molar-refractivity contribution in [2.45, 2.75) is 6.92 Å². The van der Waals surface area contributed by atoms with Crippen LogP contribution in [0.3, 0.4) is 0 Å². The molecule has 102 valence electrons. The van der Waals surface area contributed by atoms with E-state index in [-0.39, 0.29) is 17.4 Å². The number of nitrogens with zero attached hydrogens (tertiary/aromatic N) is 2. The van der Waals surface area contributed by atoms with Gasteiger partial charge in [0.25, 0.3) is 0 Å². The first-order chi connectivity index (χ1) is 10.2. The number of fused-ring (bicyclic) bond motifs is 1. The van der Waals surface area contributed by atoms with Gasteiger partial charge in [0.05, 0.1) is 0 Å². The minimum atomic E-state index is 0.0147. The topological polar surface area (TPSA) is 66.1 Å². The lowest BCUT2D eigenvalue weighted by atomic mass is 10.1. The molecule has 0 atom stereocenters. The summed E-state index contributed by atoms with van der Waals surface area (Å²) in [4.78, 5) is 4.20. The Bertz CT molecular complexity index is 866. The summed E-state index contributed by atoms with van der Waals surface area (Å²) in [6.45, 7) is 1.81. The van der Waals surface area contributed by atoms with Crippen molar-refractivity contribution in [2.75, 3.05) is 0 Å². The molecule has 0 aliphatic heterocycles. The second-order valence-electron chi connectivity index (χ2n) is 4.69. The van der Waals surface area contributed by atoms with Gasteiger partial charge in [-0.05, 0) is 42.0 Å². The van der Waals surface area contributed by atoms with Gasteiger partial charge >= 0.3 is 0 Å². The summed E-state index contributed by atoms with van der Waals surface area (Å²) in [5, 5.41) is 21.0. The number of aromatic nitrogens is 1. The van der Waals surface area contributed by atoms with Crippen LogP contribution in [-0.2, 0) is 0 Å². The number of aromatic hydroxyl groups is 1.